The average Bonchev–Trinajstić information content (AvgIpc) is 2.48. The van der Waals surface area contributed by atoms with Crippen LogP contribution >= 0.6 is 0 Å². The molecule has 1 aromatic carbocycles. The number of carbonyl (C=O) groups is 2. The summed E-state index contributed by atoms with van der Waals surface area (Å²) in [7, 11) is 1.56. The average molecular weight is 304 g/mol. The standard InChI is InChI=1S/C17H24N2O3/c1-12(20)18-14-8-9-16(22-2)15(11-14)19-17(21)10-13-6-4-3-5-7-13/h8-9,11,13H,3-7,10H2,1-2H3,(H,18,20)(H,19,21). The summed E-state index contributed by atoms with van der Waals surface area (Å²) in [5, 5.41) is 5.61. The number of ether oxygens (including phenoxy) is 1. The number of amides is 2. The molecule has 1 aliphatic rings. The lowest BCUT2D eigenvalue weighted by Gasteiger charge is -2.21. The molecule has 5 heteroatoms. The van der Waals surface area contributed by atoms with Crippen LogP contribution in [0.25, 0.3) is 0 Å². The highest BCUT2D eigenvalue weighted by molar-refractivity contribution is 5.95. The molecule has 1 aromatic rings. The van der Waals surface area contributed by atoms with E-state index in [0.717, 1.165) is 12.8 Å². The Bertz CT molecular complexity index is 537. The van der Waals surface area contributed by atoms with Crippen molar-refractivity contribution >= 4 is 23.2 Å². The van der Waals surface area contributed by atoms with E-state index < -0.39 is 0 Å². The summed E-state index contributed by atoms with van der Waals surface area (Å²) in [5.41, 5.74) is 1.23. The topological polar surface area (TPSA) is 67.4 Å². The number of nitrogens with one attached hydrogen (secondary N) is 2. The van der Waals surface area contributed by atoms with Crippen molar-refractivity contribution in [3.63, 3.8) is 0 Å². The molecule has 0 heterocycles. The largest absolute Gasteiger partial charge is 0.495 e. The molecular weight excluding hydrogens is 280 g/mol. The summed E-state index contributed by atoms with van der Waals surface area (Å²) in [4.78, 5) is 23.4. The van der Waals surface area contributed by atoms with Crippen LogP contribution in [0, 0.1) is 5.92 Å². The molecule has 0 radical (unpaired) electrons. The normalized spacial score (nSPS) is 15.2. The molecule has 0 unspecified atom stereocenters. The van der Waals surface area contributed by atoms with Gasteiger partial charge in [-0.05, 0) is 37.0 Å². The smallest absolute Gasteiger partial charge is 0.224 e. The van der Waals surface area contributed by atoms with Crippen molar-refractivity contribution in [2.24, 2.45) is 5.92 Å². The third-order valence-corrected chi connectivity index (χ3v) is 3.99. The first kappa shape index (κ1) is 16.3. The van der Waals surface area contributed by atoms with Gasteiger partial charge in [0.1, 0.15) is 5.75 Å². The molecule has 2 rings (SSSR count). The first-order valence-electron chi connectivity index (χ1n) is 7.84. The van der Waals surface area contributed by atoms with E-state index in [0.29, 0.717) is 29.5 Å². The van der Waals surface area contributed by atoms with Gasteiger partial charge in [0.2, 0.25) is 11.8 Å². The summed E-state index contributed by atoms with van der Waals surface area (Å²) in [6.45, 7) is 1.45. The second-order valence-electron chi connectivity index (χ2n) is 5.85. The first-order valence-corrected chi connectivity index (χ1v) is 7.84. The van der Waals surface area contributed by atoms with Crippen LogP contribution in [0.15, 0.2) is 18.2 Å². The van der Waals surface area contributed by atoms with Crippen molar-refractivity contribution in [3.8, 4) is 5.75 Å². The molecule has 0 saturated heterocycles. The number of hydrogen-bond acceptors (Lipinski definition) is 3. The van der Waals surface area contributed by atoms with Crippen molar-refractivity contribution in [2.45, 2.75) is 45.4 Å². The highest BCUT2D eigenvalue weighted by Crippen LogP contribution is 2.30. The lowest BCUT2D eigenvalue weighted by molar-refractivity contribution is -0.117. The first-order chi connectivity index (χ1) is 10.6. The number of anilines is 2. The van der Waals surface area contributed by atoms with Crippen molar-refractivity contribution in [1.29, 1.82) is 0 Å². The zero-order valence-electron chi connectivity index (χ0n) is 13.3. The van der Waals surface area contributed by atoms with E-state index in [1.54, 1.807) is 25.3 Å². The van der Waals surface area contributed by atoms with Crippen LogP contribution < -0.4 is 15.4 Å². The van der Waals surface area contributed by atoms with Gasteiger partial charge in [-0.1, -0.05) is 19.3 Å². The van der Waals surface area contributed by atoms with E-state index in [2.05, 4.69) is 10.6 Å². The predicted molar refractivity (Wildman–Crippen MR) is 87.1 cm³/mol. The van der Waals surface area contributed by atoms with E-state index in [4.69, 9.17) is 4.74 Å². The van der Waals surface area contributed by atoms with Crippen LogP contribution in [-0.2, 0) is 9.59 Å². The summed E-state index contributed by atoms with van der Waals surface area (Å²) >= 11 is 0. The van der Waals surface area contributed by atoms with E-state index >= 15 is 0 Å². The van der Waals surface area contributed by atoms with E-state index in [-0.39, 0.29) is 11.8 Å². The number of carbonyl (C=O) groups excluding carboxylic acids is 2. The third-order valence-electron chi connectivity index (χ3n) is 3.99. The number of hydrogen-bond donors (Lipinski definition) is 2. The Labute approximate surface area is 131 Å². The van der Waals surface area contributed by atoms with Crippen LogP contribution in [0.4, 0.5) is 11.4 Å². The van der Waals surface area contributed by atoms with Gasteiger partial charge >= 0.3 is 0 Å². The Morgan fingerprint density at radius 2 is 1.91 bits per heavy atom. The lowest BCUT2D eigenvalue weighted by atomic mass is 9.87. The Balaban J connectivity index is 2.02. The van der Waals surface area contributed by atoms with Gasteiger partial charge in [0.25, 0.3) is 0 Å². The van der Waals surface area contributed by atoms with Gasteiger partial charge in [0, 0.05) is 19.0 Å². The maximum atomic E-state index is 12.2. The quantitative estimate of drug-likeness (QED) is 0.874. The number of rotatable bonds is 5. The van der Waals surface area contributed by atoms with Gasteiger partial charge < -0.3 is 15.4 Å². The minimum absolute atomic E-state index is 0.00479. The molecule has 0 aromatic heterocycles. The van der Waals surface area contributed by atoms with Crippen LogP contribution in [-0.4, -0.2) is 18.9 Å². The molecule has 1 saturated carbocycles. The molecular formula is C17H24N2O3. The molecule has 22 heavy (non-hydrogen) atoms. The Morgan fingerprint density at radius 1 is 1.18 bits per heavy atom. The molecule has 2 amide bonds. The minimum Gasteiger partial charge on any atom is -0.495 e. The third kappa shape index (κ3) is 4.76. The van der Waals surface area contributed by atoms with Crippen LogP contribution in [0.2, 0.25) is 0 Å². The predicted octanol–water partition coefficient (Wildman–Crippen LogP) is 3.56. The molecule has 1 fully saturated rings. The van der Waals surface area contributed by atoms with Crippen LogP contribution in [0.1, 0.15) is 45.4 Å². The summed E-state index contributed by atoms with van der Waals surface area (Å²) < 4.78 is 5.27. The number of methoxy groups -OCH3 is 1. The Hall–Kier alpha value is -2.04. The van der Waals surface area contributed by atoms with Crippen molar-refractivity contribution in [1.82, 2.24) is 0 Å². The fourth-order valence-electron chi connectivity index (χ4n) is 2.94. The van der Waals surface area contributed by atoms with Crippen molar-refractivity contribution in [2.75, 3.05) is 17.7 Å². The minimum atomic E-state index is -0.148. The monoisotopic (exact) mass is 304 g/mol. The molecule has 0 bridgehead atoms. The number of benzene rings is 1. The Morgan fingerprint density at radius 3 is 2.55 bits per heavy atom. The highest BCUT2D eigenvalue weighted by Gasteiger charge is 2.18. The molecule has 0 atom stereocenters. The summed E-state index contributed by atoms with van der Waals surface area (Å²) in [5.74, 6) is 0.930. The molecule has 5 nitrogen and oxygen atoms in total. The van der Waals surface area contributed by atoms with E-state index in [1.807, 2.05) is 0 Å². The Kier molecular flexibility index (Phi) is 5.81. The maximum Gasteiger partial charge on any atom is 0.224 e. The summed E-state index contributed by atoms with van der Waals surface area (Å²) in [6.07, 6.45) is 6.55. The van der Waals surface area contributed by atoms with Crippen LogP contribution in [0.5, 0.6) is 5.75 Å². The zero-order chi connectivity index (χ0) is 15.9. The maximum absolute atomic E-state index is 12.2. The SMILES string of the molecule is COc1ccc(NC(C)=O)cc1NC(=O)CC1CCCCC1. The lowest BCUT2D eigenvalue weighted by Crippen LogP contribution is -2.18. The fraction of sp³-hybridized carbons (Fsp3) is 0.529. The second kappa shape index (κ2) is 7.82. The molecule has 2 N–H and O–H groups in total. The zero-order valence-corrected chi connectivity index (χ0v) is 13.3. The fourth-order valence-corrected chi connectivity index (χ4v) is 2.94. The molecule has 0 spiro atoms. The van der Waals surface area contributed by atoms with E-state index in [1.165, 1.54) is 26.2 Å². The van der Waals surface area contributed by atoms with Crippen molar-refractivity contribution in [3.05, 3.63) is 18.2 Å². The van der Waals surface area contributed by atoms with Gasteiger partial charge in [-0.15, -0.1) is 0 Å². The van der Waals surface area contributed by atoms with Gasteiger partial charge in [-0.25, -0.2) is 0 Å². The van der Waals surface area contributed by atoms with Crippen LogP contribution in [0.3, 0.4) is 0 Å². The van der Waals surface area contributed by atoms with Gasteiger partial charge in [-0.3, -0.25) is 9.59 Å². The summed E-state index contributed by atoms with van der Waals surface area (Å²) in [6, 6.07) is 5.21. The van der Waals surface area contributed by atoms with Crippen molar-refractivity contribution < 1.29 is 14.3 Å². The molecule has 1 aliphatic carbocycles. The van der Waals surface area contributed by atoms with Gasteiger partial charge in [0.15, 0.2) is 0 Å². The van der Waals surface area contributed by atoms with Gasteiger partial charge in [0.05, 0.1) is 12.8 Å². The van der Waals surface area contributed by atoms with E-state index in [9.17, 15) is 9.59 Å². The highest BCUT2D eigenvalue weighted by atomic mass is 16.5. The van der Waals surface area contributed by atoms with Gasteiger partial charge in [-0.2, -0.15) is 0 Å². The second-order valence-corrected chi connectivity index (χ2v) is 5.85. The molecule has 120 valence electrons. The molecule has 0 aliphatic heterocycles.